The van der Waals surface area contributed by atoms with Crippen LogP contribution in [0.4, 0.5) is 10.5 Å². The fourth-order valence-corrected chi connectivity index (χ4v) is 5.24. The second kappa shape index (κ2) is 5.41. The molecule has 0 saturated heterocycles. The third-order valence-corrected chi connectivity index (χ3v) is 5.82. The SMILES string of the molecule is COc1ccccc1NC(=O)OC1C2CC3CC1CC(N)(C3)C2. The minimum absolute atomic E-state index is 0.00448. The van der Waals surface area contributed by atoms with Gasteiger partial charge in [0.25, 0.3) is 0 Å². The molecular formula is C18H24N2O3. The molecule has 4 saturated carbocycles. The first kappa shape index (κ1) is 14.8. The van der Waals surface area contributed by atoms with Gasteiger partial charge in [0.05, 0.1) is 12.8 Å². The van der Waals surface area contributed by atoms with Crippen LogP contribution in [0.5, 0.6) is 5.75 Å². The van der Waals surface area contributed by atoms with Crippen LogP contribution < -0.4 is 15.8 Å². The summed E-state index contributed by atoms with van der Waals surface area (Å²) in [5, 5.41) is 2.81. The van der Waals surface area contributed by atoms with Crippen molar-refractivity contribution in [2.75, 3.05) is 12.4 Å². The third-order valence-electron chi connectivity index (χ3n) is 5.82. The number of carbonyl (C=O) groups excluding carboxylic acids is 1. The molecule has 0 radical (unpaired) electrons. The molecule has 2 atom stereocenters. The highest BCUT2D eigenvalue weighted by Gasteiger charge is 2.55. The summed E-state index contributed by atoms with van der Waals surface area (Å²) in [6, 6.07) is 7.36. The van der Waals surface area contributed by atoms with E-state index in [1.54, 1.807) is 7.11 Å². The molecule has 1 aromatic rings. The van der Waals surface area contributed by atoms with E-state index >= 15 is 0 Å². The van der Waals surface area contributed by atoms with Crippen LogP contribution in [0.1, 0.15) is 32.1 Å². The lowest BCUT2D eigenvalue weighted by Crippen LogP contribution is -2.61. The first-order valence-corrected chi connectivity index (χ1v) is 8.46. The zero-order valence-electron chi connectivity index (χ0n) is 13.5. The van der Waals surface area contributed by atoms with E-state index in [9.17, 15) is 4.79 Å². The number of nitrogens with one attached hydrogen (secondary N) is 1. The van der Waals surface area contributed by atoms with E-state index in [4.69, 9.17) is 15.2 Å². The summed E-state index contributed by atoms with van der Waals surface area (Å²) in [6.07, 6.45) is 5.07. The molecular weight excluding hydrogens is 292 g/mol. The molecule has 5 rings (SSSR count). The van der Waals surface area contributed by atoms with E-state index in [2.05, 4.69) is 5.32 Å². The summed E-state index contributed by atoms with van der Waals surface area (Å²) >= 11 is 0. The van der Waals surface area contributed by atoms with Gasteiger partial charge >= 0.3 is 6.09 Å². The summed E-state index contributed by atoms with van der Waals surface area (Å²) in [6.45, 7) is 0. The summed E-state index contributed by atoms with van der Waals surface area (Å²) in [4.78, 5) is 12.3. The summed E-state index contributed by atoms with van der Waals surface area (Å²) in [7, 11) is 1.59. The lowest BCUT2D eigenvalue weighted by atomic mass is 9.52. The van der Waals surface area contributed by atoms with Gasteiger partial charge in [-0.3, -0.25) is 5.32 Å². The predicted octanol–water partition coefficient (Wildman–Crippen LogP) is 3.15. The molecule has 5 nitrogen and oxygen atoms in total. The molecule has 2 unspecified atom stereocenters. The average molecular weight is 316 g/mol. The van der Waals surface area contributed by atoms with E-state index in [-0.39, 0.29) is 11.6 Å². The quantitative estimate of drug-likeness (QED) is 0.898. The fraction of sp³-hybridized carbons (Fsp3) is 0.611. The first-order chi connectivity index (χ1) is 11.1. The van der Waals surface area contributed by atoms with E-state index in [1.807, 2.05) is 24.3 Å². The Bertz CT molecular complexity index is 602. The highest BCUT2D eigenvalue weighted by atomic mass is 16.6. The maximum atomic E-state index is 12.3. The standard InChI is InChI=1S/C18H24N2O3/c1-22-15-5-3-2-4-14(15)20-17(21)23-16-12-6-11-7-13(16)10-18(19,8-11)9-12/h2-5,11-13,16H,6-10,19H2,1H3,(H,20,21). The number of rotatable bonds is 3. The Hall–Kier alpha value is -1.75. The monoisotopic (exact) mass is 316 g/mol. The number of amides is 1. The van der Waals surface area contributed by atoms with Gasteiger partial charge in [-0.1, -0.05) is 12.1 Å². The third kappa shape index (κ3) is 2.67. The van der Waals surface area contributed by atoms with Gasteiger partial charge in [0.2, 0.25) is 0 Å². The number of carbonyl (C=O) groups is 1. The topological polar surface area (TPSA) is 73.6 Å². The van der Waals surface area contributed by atoms with Crippen LogP contribution in [0.3, 0.4) is 0 Å². The zero-order valence-corrected chi connectivity index (χ0v) is 13.5. The molecule has 124 valence electrons. The molecule has 23 heavy (non-hydrogen) atoms. The minimum atomic E-state index is -0.391. The number of para-hydroxylation sites is 2. The molecule has 0 spiro atoms. The second-order valence-corrected chi connectivity index (χ2v) is 7.53. The number of anilines is 1. The van der Waals surface area contributed by atoms with Crippen molar-refractivity contribution in [2.24, 2.45) is 23.5 Å². The van der Waals surface area contributed by atoms with Gasteiger partial charge in [-0.2, -0.15) is 0 Å². The molecule has 1 amide bonds. The number of hydrogen-bond acceptors (Lipinski definition) is 4. The summed E-state index contributed by atoms with van der Waals surface area (Å²) < 4.78 is 11.1. The lowest BCUT2D eigenvalue weighted by molar-refractivity contribution is -0.103. The van der Waals surface area contributed by atoms with Gasteiger partial charge in [-0.05, 0) is 62.0 Å². The van der Waals surface area contributed by atoms with E-state index in [0.29, 0.717) is 23.3 Å². The van der Waals surface area contributed by atoms with Crippen molar-refractivity contribution in [2.45, 2.75) is 43.7 Å². The van der Waals surface area contributed by atoms with Crippen molar-refractivity contribution >= 4 is 11.8 Å². The molecule has 0 heterocycles. The van der Waals surface area contributed by atoms with Crippen LogP contribution in [0.25, 0.3) is 0 Å². The van der Waals surface area contributed by atoms with E-state index in [1.165, 1.54) is 0 Å². The van der Waals surface area contributed by atoms with Gasteiger partial charge in [-0.15, -0.1) is 0 Å². The maximum Gasteiger partial charge on any atom is 0.412 e. The zero-order chi connectivity index (χ0) is 16.0. The number of hydrogen-bond donors (Lipinski definition) is 2. The van der Waals surface area contributed by atoms with Gasteiger partial charge in [0, 0.05) is 5.54 Å². The van der Waals surface area contributed by atoms with Crippen LogP contribution in [-0.2, 0) is 4.74 Å². The Kier molecular flexibility index (Phi) is 3.48. The smallest absolute Gasteiger partial charge is 0.412 e. The second-order valence-electron chi connectivity index (χ2n) is 7.53. The molecule has 4 fully saturated rings. The molecule has 1 aromatic carbocycles. The number of nitrogens with two attached hydrogens (primary N) is 1. The molecule has 4 aliphatic rings. The van der Waals surface area contributed by atoms with Crippen LogP contribution >= 0.6 is 0 Å². The molecule has 4 aliphatic carbocycles. The van der Waals surface area contributed by atoms with Crippen molar-refractivity contribution < 1.29 is 14.3 Å². The average Bonchev–Trinajstić information content (AvgIpc) is 2.50. The minimum Gasteiger partial charge on any atom is -0.495 e. The Morgan fingerprint density at radius 3 is 2.57 bits per heavy atom. The predicted molar refractivity (Wildman–Crippen MR) is 87.4 cm³/mol. The highest BCUT2D eigenvalue weighted by molar-refractivity contribution is 5.86. The normalized spacial score (nSPS) is 37.5. The number of methoxy groups -OCH3 is 1. The van der Waals surface area contributed by atoms with Crippen LogP contribution in [0.15, 0.2) is 24.3 Å². The molecule has 5 heteroatoms. The van der Waals surface area contributed by atoms with Crippen molar-refractivity contribution in [3.05, 3.63) is 24.3 Å². The molecule has 3 N–H and O–H groups in total. The van der Waals surface area contributed by atoms with E-state index in [0.717, 1.165) is 38.0 Å². The molecule has 0 aliphatic heterocycles. The van der Waals surface area contributed by atoms with Gasteiger partial charge in [0.1, 0.15) is 11.9 Å². The largest absolute Gasteiger partial charge is 0.495 e. The van der Waals surface area contributed by atoms with Crippen molar-refractivity contribution in [1.29, 1.82) is 0 Å². The Morgan fingerprint density at radius 1 is 1.22 bits per heavy atom. The van der Waals surface area contributed by atoms with Crippen LogP contribution in [0.2, 0.25) is 0 Å². The summed E-state index contributed by atoms with van der Waals surface area (Å²) in [5.74, 6) is 2.22. The maximum absolute atomic E-state index is 12.3. The van der Waals surface area contributed by atoms with Crippen molar-refractivity contribution in [1.82, 2.24) is 0 Å². The Balaban J connectivity index is 1.43. The van der Waals surface area contributed by atoms with Gasteiger partial charge in [0.15, 0.2) is 0 Å². The van der Waals surface area contributed by atoms with Gasteiger partial charge in [-0.25, -0.2) is 4.79 Å². The number of ether oxygens (including phenoxy) is 2. The van der Waals surface area contributed by atoms with Crippen molar-refractivity contribution in [3.8, 4) is 5.75 Å². The van der Waals surface area contributed by atoms with Crippen LogP contribution in [-0.4, -0.2) is 24.8 Å². The van der Waals surface area contributed by atoms with Crippen LogP contribution in [0, 0.1) is 17.8 Å². The highest BCUT2D eigenvalue weighted by Crippen LogP contribution is 2.55. The molecule has 4 bridgehead atoms. The Morgan fingerprint density at radius 2 is 1.91 bits per heavy atom. The Labute approximate surface area is 136 Å². The molecule has 0 aromatic heterocycles. The first-order valence-electron chi connectivity index (χ1n) is 8.46. The van der Waals surface area contributed by atoms with Crippen molar-refractivity contribution in [3.63, 3.8) is 0 Å². The van der Waals surface area contributed by atoms with Gasteiger partial charge < -0.3 is 15.2 Å². The van der Waals surface area contributed by atoms with E-state index < -0.39 is 6.09 Å². The fourth-order valence-electron chi connectivity index (χ4n) is 5.24. The summed E-state index contributed by atoms with van der Waals surface area (Å²) in [5.41, 5.74) is 7.14. The lowest BCUT2D eigenvalue weighted by Gasteiger charge is -2.57. The number of benzene rings is 1.